The molecule has 3 N–H and O–H groups in total. The number of rotatable bonds is 2. The highest BCUT2D eigenvalue weighted by molar-refractivity contribution is 5.92. The van der Waals surface area contributed by atoms with Crippen molar-refractivity contribution in [3.05, 3.63) is 11.6 Å². The molecule has 5 heteroatoms. The molecule has 0 saturated heterocycles. The van der Waals surface area contributed by atoms with Gasteiger partial charge in [-0.15, -0.1) is 0 Å². The molecule has 15 heavy (non-hydrogen) atoms. The van der Waals surface area contributed by atoms with Gasteiger partial charge in [0.2, 0.25) is 5.88 Å². The topological polar surface area (TPSA) is 82.5 Å². The van der Waals surface area contributed by atoms with Crippen molar-refractivity contribution in [1.29, 1.82) is 0 Å². The molecule has 1 aliphatic rings. The zero-order chi connectivity index (χ0) is 10.8. The summed E-state index contributed by atoms with van der Waals surface area (Å²) in [5, 5.41) is 18.3. The highest BCUT2D eigenvalue weighted by Gasteiger charge is 2.23. The molecule has 0 amide bonds. The first-order chi connectivity index (χ1) is 7.16. The number of aromatic amines is 1. The van der Waals surface area contributed by atoms with E-state index < -0.39 is 5.97 Å². The van der Waals surface area contributed by atoms with Gasteiger partial charge in [0.15, 0.2) is 5.88 Å². The molecule has 82 valence electrons. The van der Waals surface area contributed by atoms with Crippen LogP contribution in [-0.4, -0.2) is 27.3 Å². The molecule has 2 rings (SSSR count). The second-order valence-electron chi connectivity index (χ2n) is 3.73. The molecule has 0 aliphatic heterocycles. The van der Waals surface area contributed by atoms with Crippen molar-refractivity contribution >= 4 is 5.97 Å². The summed E-state index contributed by atoms with van der Waals surface area (Å²) in [5.41, 5.74) is -0.0144. The molecular formula is C10H13NO4. The van der Waals surface area contributed by atoms with Crippen LogP contribution in [0, 0.1) is 0 Å². The molecule has 5 nitrogen and oxygen atoms in total. The van der Waals surface area contributed by atoms with Gasteiger partial charge in [-0.3, -0.25) is 4.98 Å². The van der Waals surface area contributed by atoms with Crippen LogP contribution < -0.4 is 0 Å². The van der Waals surface area contributed by atoms with Gasteiger partial charge >= 0.3 is 5.97 Å². The molecule has 0 aromatic carbocycles. The van der Waals surface area contributed by atoms with Crippen LogP contribution in [0.15, 0.2) is 6.07 Å². The first kappa shape index (κ1) is 9.89. The molecular weight excluding hydrogens is 198 g/mol. The summed E-state index contributed by atoms with van der Waals surface area (Å²) in [6.45, 7) is 0. The summed E-state index contributed by atoms with van der Waals surface area (Å²) in [5.74, 6) is -1.18. The van der Waals surface area contributed by atoms with Crippen LogP contribution in [0.4, 0.5) is 0 Å². The molecule has 0 radical (unpaired) electrons. The van der Waals surface area contributed by atoms with E-state index in [2.05, 4.69) is 4.98 Å². The van der Waals surface area contributed by atoms with Gasteiger partial charge in [0.25, 0.3) is 0 Å². The van der Waals surface area contributed by atoms with Crippen LogP contribution in [0.25, 0.3) is 0 Å². The van der Waals surface area contributed by atoms with Crippen molar-refractivity contribution in [3.63, 3.8) is 0 Å². The minimum Gasteiger partial charge on any atom is -0.494 e. The van der Waals surface area contributed by atoms with Gasteiger partial charge in [-0.05, 0) is 25.7 Å². The van der Waals surface area contributed by atoms with Gasteiger partial charge in [0.05, 0.1) is 0 Å². The van der Waals surface area contributed by atoms with E-state index in [-0.39, 0.29) is 23.4 Å². The number of ether oxygens (including phenoxy) is 1. The fourth-order valence-corrected chi connectivity index (χ4v) is 1.81. The van der Waals surface area contributed by atoms with Crippen molar-refractivity contribution in [1.82, 2.24) is 4.98 Å². The number of esters is 1. The predicted molar refractivity (Wildman–Crippen MR) is 51.8 cm³/mol. The lowest BCUT2D eigenvalue weighted by Crippen LogP contribution is -2.14. The predicted octanol–water partition coefficient (Wildman–Crippen LogP) is 1.53. The molecule has 1 aromatic heterocycles. The largest absolute Gasteiger partial charge is 0.494 e. The highest BCUT2D eigenvalue weighted by Crippen LogP contribution is 2.26. The second kappa shape index (κ2) is 3.84. The summed E-state index contributed by atoms with van der Waals surface area (Å²) in [6.07, 6.45) is 3.85. The van der Waals surface area contributed by atoms with Crippen LogP contribution >= 0.6 is 0 Å². The van der Waals surface area contributed by atoms with Crippen LogP contribution in [0.3, 0.4) is 0 Å². The molecule has 1 saturated carbocycles. The van der Waals surface area contributed by atoms with Gasteiger partial charge in [0, 0.05) is 6.07 Å². The maximum absolute atomic E-state index is 11.5. The Labute approximate surface area is 86.7 Å². The van der Waals surface area contributed by atoms with Gasteiger partial charge in [-0.2, -0.15) is 0 Å². The smallest absolute Gasteiger partial charge is 0.344 e. The minimum atomic E-state index is -0.587. The number of aromatic nitrogens is 1. The zero-order valence-electron chi connectivity index (χ0n) is 8.19. The van der Waals surface area contributed by atoms with Gasteiger partial charge < -0.3 is 14.9 Å². The normalized spacial score (nSPS) is 16.8. The lowest BCUT2D eigenvalue weighted by atomic mass is 10.3. The van der Waals surface area contributed by atoms with E-state index in [1.165, 1.54) is 0 Å². The number of H-pyrrole nitrogens is 1. The Bertz CT molecular complexity index is 365. The summed E-state index contributed by atoms with van der Waals surface area (Å²) in [4.78, 5) is 13.7. The molecule has 0 unspecified atom stereocenters. The third-order valence-electron chi connectivity index (χ3n) is 2.58. The first-order valence-corrected chi connectivity index (χ1v) is 4.99. The molecule has 1 aromatic rings. The Morgan fingerprint density at radius 2 is 2.07 bits per heavy atom. The minimum absolute atomic E-state index is 0.0144. The third kappa shape index (κ3) is 2.06. The summed E-state index contributed by atoms with van der Waals surface area (Å²) in [6, 6.07) is 1.16. The van der Waals surface area contributed by atoms with Crippen LogP contribution in [-0.2, 0) is 4.74 Å². The quantitative estimate of drug-likeness (QED) is 0.648. The monoisotopic (exact) mass is 211 g/mol. The molecule has 0 bridgehead atoms. The van der Waals surface area contributed by atoms with Crippen LogP contribution in [0.2, 0.25) is 0 Å². The maximum Gasteiger partial charge on any atom is 0.344 e. The fraction of sp³-hybridized carbons (Fsp3) is 0.500. The van der Waals surface area contributed by atoms with Gasteiger partial charge in [-0.25, -0.2) is 4.79 Å². The van der Waals surface area contributed by atoms with Crippen LogP contribution in [0.5, 0.6) is 11.8 Å². The molecule has 0 atom stereocenters. The van der Waals surface area contributed by atoms with E-state index in [4.69, 9.17) is 9.84 Å². The van der Waals surface area contributed by atoms with Gasteiger partial charge in [-0.1, -0.05) is 0 Å². The summed E-state index contributed by atoms with van der Waals surface area (Å²) in [7, 11) is 0. The Hall–Kier alpha value is -1.65. The van der Waals surface area contributed by atoms with Crippen molar-refractivity contribution in [2.45, 2.75) is 31.8 Å². The lowest BCUT2D eigenvalue weighted by Gasteiger charge is -2.09. The van der Waals surface area contributed by atoms with Crippen molar-refractivity contribution < 1.29 is 19.7 Å². The standard InChI is InChI=1S/C10H13NO4/c12-8-5-7(9(13)11-8)10(14)15-6-3-1-2-4-6/h5-6,11-13H,1-4H2. The van der Waals surface area contributed by atoms with E-state index in [0.717, 1.165) is 31.7 Å². The lowest BCUT2D eigenvalue weighted by molar-refractivity contribution is 0.0315. The Balaban J connectivity index is 2.03. The number of nitrogens with one attached hydrogen (secondary N) is 1. The molecule has 0 spiro atoms. The molecule has 1 heterocycles. The van der Waals surface area contributed by atoms with Gasteiger partial charge in [0.1, 0.15) is 11.7 Å². The SMILES string of the molecule is O=C(OC1CCCC1)c1cc(O)[nH]c1O. The van der Waals surface area contributed by atoms with Crippen LogP contribution in [0.1, 0.15) is 36.0 Å². The number of carbonyl (C=O) groups excluding carboxylic acids is 1. The number of hydrogen-bond donors (Lipinski definition) is 3. The second-order valence-corrected chi connectivity index (χ2v) is 3.73. The van der Waals surface area contributed by atoms with E-state index >= 15 is 0 Å². The van der Waals surface area contributed by atoms with Crippen molar-refractivity contribution in [2.24, 2.45) is 0 Å². The Morgan fingerprint density at radius 3 is 2.60 bits per heavy atom. The van der Waals surface area contributed by atoms with Crippen molar-refractivity contribution in [2.75, 3.05) is 0 Å². The Morgan fingerprint density at radius 1 is 1.40 bits per heavy atom. The summed E-state index contributed by atoms with van der Waals surface area (Å²) >= 11 is 0. The fourth-order valence-electron chi connectivity index (χ4n) is 1.81. The first-order valence-electron chi connectivity index (χ1n) is 4.99. The van der Waals surface area contributed by atoms with E-state index in [0.29, 0.717) is 0 Å². The average molecular weight is 211 g/mol. The molecule has 1 aliphatic carbocycles. The maximum atomic E-state index is 11.5. The van der Waals surface area contributed by atoms with E-state index in [1.807, 2.05) is 0 Å². The molecule has 1 fully saturated rings. The van der Waals surface area contributed by atoms with E-state index in [1.54, 1.807) is 0 Å². The average Bonchev–Trinajstić information content (AvgIpc) is 2.75. The Kier molecular flexibility index (Phi) is 2.53. The summed E-state index contributed by atoms with van der Waals surface area (Å²) < 4.78 is 5.16. The van der Waals surface area contributed by atoms with Crippen molar-refractivity contribution in [3.8, 4) is 11.8 Å². The third-order valence-corrected chi connectivity index (χ3v) is 2.58. The number of aromatic hydroxyl groups is 2. The van der Waals surface area contributed by atoms with E-state index in [9.17, 15) is 9.90 Å². The number of hydrogen-bond acceptors (Lipinski definition) is 4. The number of carbonyl (C=O) groups is 1. The highest BCUT2D eigenvalue weighted by atomic mass is 16.5. The zero-order valence-corrected chi connectivity index (χ0v) is 8.19.